The van der Waals surface area contributed by atoms with Crippen LogP contribution >= 0.6 is 0 Å². The fourth-order valence-electron chi connectivity index (χ4n) is 2.92. The molecule has 0 spiro atoms. The minimum absolute atomic E-state index is 0.0345. The van der Waals surface area contributed by atoms with Crippen molar-refractivity contribution in [1.29, 1.82) is 0 Å². The SMILES string of the molecule is Cc1nc(C2(NC3CCCC3)CCC2)no1. The van der Waals surface area contributed by atoms with Crippen molar-refractivity contribution in [3.8, 4) is 0 Å². The lowest BCUT2D eigenvalue weighted by atomic mass is 9.75. The second kappa shape index (κ2) is 3.84. The molecule has 88 valence electrons. The first-order chi connectivity index (χ1) is 7.78. The highest BCUT2D eigenvalue weighted by Gasteiger charge is 2.44. The summed E-state index contributed by atoms with van der Waals surface area (Å²) in [6, 6.07) is 0.666. The van der Waals surface area contributed by atoms with Gasteiger partial charge in [-0.25, -0.2) is 0 Å². The Morgan fingerprint density at radius 2 is 2.00 bits per heavy atom. The van der Waals surface area contributed by atoms with Crippen LogP contribution in [0, 0.1) is 6.92 Å². The lowest BCUT2D eigenvalue weighted by Gasteiger charge is -2.42. The van der Waals surface area contributed by atoms with Gasteiger partial charge in [0, 0.05) is 13.0 Å². The van der Waals surface area contributed by atoms with Crippen molar-refractivity contribution in [2.24, 2.45) is 0 Å². The van der Waals surface area contributed by atoms with Crippen molar-refractivity contribution in [1.82, 2.24) is 15.5 Å². The van der Waals surface area contributed by atoms with E-state index in [1.807, 2.05) is 6.92 Å². The fraction of sp³-hybridized carbons (Fsp3) is 0.833. The van der Waals surface area contributed by atoms with Crippen molar-refractivity contribution < 1.29 is 4.52 Å². The van der Waals surface area contributed by atoms with Gasteiger partial charge >= 0.3 is 0 Å². The third-order valence-corrected chi connectivity index (χ3v) is 4.00. The van der Waals surface area contributed by atoms with Crippen molar-refractivity contribution in [2.45, 2.75) is 63.5 Å². The molecule has 0 unspecified atom stereocenters. The number of hydrogen-bond donors (Lipinski definition) is 1. The molecule has 1 aromatic heterocycles. The van der Waals surface area contributed by atoms with E-state index in [-0.39, 0.29) is 5.54 Å². The Kier molecular flexibility index (Phi) is 2.46. The number of aromatic nitrogens is 2. The summed E-state index contributed by atoms with van der Waals surface area (Å²) in [5.74, 6) is 1.55. The van der Waals surface area contributed by atoms with E-state index >= 15 is 0 Å². The molecule has 3 rings (SSSR count). The van der Waals surface area contributed by atoms with Gasteiger partial charge in [-0.3, -0.25) is 0 Å². The zero-order valence-electron chi connectivity index (χ0n) is 9.83. The first-order valence-corrected chi connectivity index (χ1v) is 6.37. The van der Waals surface area contributed by atoms with Gasteiger partial charge in [0.15, 0.2) is 5.82 Å². The standard InChI is InChI=1S/C12H19N3O/c1-9-13-11(15-16-9)12(7-4-8-12)14-10-5-2-3-6-10/h10,14H,2-8H2,1H3. The molecule has 2 fully saturated rings. The van der Waals surface area contributed by atoms with Crippen LogP contribution < -0.4 is 5.32 Å². The molecular weight excluding hydrogens is 202 g/mol. The summed E-state index contributed by atoms with van der Waals surface area (Å²) in [5, 5.41) is 7.88. The van der Waals surface area contributed by atoms with E-state index < -0.39 is 0 Å². The van der Waals surface area contributed by atoms with Gasteiger partial charge in [0.1, 0.15) is 0 Å². The molecule has 0 aromatic carbocycles. The van der Waals surface area contributed by atoms with Crippen LogP contribution in [0.2, 0.25) is 0 Å². The fourth-order valence-corrected chi connectivity index (χ4v) is 2.92. The van der Waals surface area contributed by atoms with Gasteiger partial charge in [0.25, 0.3) is 0 Å². The summed E-state index contributed by atoms with van der Waals surface area (Å²) in [5.41, 5.74) is 0.0345. The maximum Gasteiger partial charge on any atom is 0.223 e. The molecule has 1 aromatic rings. The maximum atomic E-state index is 5.11. The van der Waals surface area contributed by atoms with Crippen LogP contribution in [0.25, 0.3) is 0 Å². The third kappa shape index (κ3) is 1.65. The summed E-state index contributed by atoms with van der Waals surface area (Å²) in [7, 11) is 0. The van der Waals surface area contributed by atoms with Crippen LogP contribution in [-0.2, 0) is 5.54 Å². The number of aryl methyl sites for hydroxylation is 1. The smallest absolute Gasteiger partial charge is 0.223 e. The quantitative estimate of drug-likeness (QED) is 0.850. The van der Waals surface area contributed by atoms with Crippen molar-refractivity contribution in [2.75, 3.05) is 0 Å². The molecule has 2 aliphatic rings. The first-order valence-electron chi connectivity index (χ1n) is 6.37. The molecule has 0 aliphatic heterocycles. The third-order valence-electron chi connectivity index (χ3n) is 4.00. The van der Waals surface area contributed by atoms with Gasteiger partial charge in [0.05, 0.1) is 5.54 Å². The van der Waals surface area contributed by atoms with Crippen LogP contribution in [0.5, 0.6) is 0 Å². The predicted molar refractivity (Wildman–Crippen MR) is 60.0 cm³/mol. The summed E-state index contributed by atoms with van der Waals surface area (Å²) in [6.45, 7) is 1.86. The average Bonchev–Trinajstić information content (AvgIpc) is 2.82. The van der Waals surface area contributed by atoms with E-state index in [2.05, 4.69) is 15.5 Å². The molecule has 16 heavy (non-hydrogen) atoms. The Morgan fingerprint density at radius 1 is 1.25 bits per heavy atom. The van der Waals surface area contributed by atoms with Crippen LogP contribution in [0.4, 0.5) is 0 Å². The molecule has 0 saturated heterocycles. The number of rotatable bonds is 3. The van der Waals surface area contributed by atoms with E-state index in [0.29, 0.717) is 11.9 Å². The Bertz CT molecular complexity index is 364. The second-order valence-electron chi connectivity index (χ2n) is 5.20. The van der Waals surface area contributed by atoms with E-state index in [1.54, 1.807) is 0 Å². The van der Waals surface area contributed by atoms with Gasteiger partial charge in [-0.05, 0) is 32.1 Å². The molecule has 4 heteroatoms. The number of nitrogens with zero attached hydrogens (tertiary/aromatic N) is 2. The van der Waals surface area contributed by atoms with Crippen molar-refractivity contribution >= 4 is 0 Å². The molecule has 0 bridgehead atoms. The zero-order chi connectivity index (χ0) is 11.0. The van der Waals surface area contributed by atoms with Gasteiger partial charge < -0.3 is 9.84 Å². The van der Waals surface area contributed by atoms with Crippen LogP contribution in [0.1, 0.15) is 56.7 Å². The van der Waals surface area contributed by atoms with E-state index in [9.17, 15) is 0 Å². The van der Waals surface area contributed by atoms with Crippen molar-refractivity contribution in [3.05, 3.63) is 11.7 Å². The first kappa shape index (κ1) is 10.3. The molecule has 0 atom stereocenters. The zero-order valence-corrected chi connectivity index (χ0v) is 9.83. The van der Waals surface area contributed by atoms with E-state index in [1.165, 1.54) is 32.1 Å². The maximum absolute atomic E-state index is 5.11. The lowest BCUT2D eigenvalue weighted by Crippen LogP contribution is -2.52. The van der Waals surface area contributed by atoms with Gasteiger partial charge in [-0.15, -0.1) is 0 Å². The summed E-state index contributed by atoms with van der Waals surface area (Å²) < 4.78 is 5.11. The Balaban J connectivity index is 1.77. The van der Waals surface area contributed by atoms with Crippen LogP contribution in [0.3, 0.4) is 0 Å². The minimum Gasteiger partial charge on any atom is -0.340 e. The molecular formula is C12H19N3O. The van der Waals surface area contributed by atoms with E-state index in [0.717, 1.165) is 18.7 Å². The highest BCUT2D eigenvalue weighted by molar-refractivity contribution is 5.11. The molecule has 4 nitrogen and oxygen atoms in total. The van der Waals surface area contributed by atoms with Gasteiger partial charge in [-0.2, -0.15) is 4.98 Å². The Morgan fingerprint density at radius 3 is 2.50 bits per heavy atom. The lowest BCUT2D eigenvalue weighted by molar-refractivity contribution is 0.147. The minimum atomic E-state index is 0.0345. The van der Waals surface area contributed by atoms with Crippen molar-refractivity contribution in [3.63, 3.8) is 0 Å². The topological polar surface area (TPSA) is 51.0 Å². The summed E-state index contributed by atoms with van der Waals surface area (Å²) in [6.07, 6.45) is 8.91. The Labute approximate surface area is 95.8 Å². The molecule has 2 aliphatic carbocycles. The summed E-state index contributed by atoms with van der Waals surface area (Å²) >= 11 is 0. The normalized spacial score (nSPS) is 24.6. The van der Waals surface area contributed by atoms with Crippen LogP contribution in [-0.4, -0.2) is 16.2 Å². The molecule has 1 heterocycles. The number of nitrogens with one attached hydrogen (secondary N) is 1. The number of hydrogen-bond acceptors (Lipinski definition) is 4. The van der Waals surface area contributed by atoms with Gasteiger partial charge in [0.2, 0.25) is 5.89 Å². The highest BCUT2D eigenvalue weighted by Crippen LogP contribution is 2.41. The molecule has 0 radical (unpaired) electrons. The molecule has 0 amide bonds. The van der Waals surface area contributed by atoms with Crippen LogP contribution in [0.15, 0.2) is 4.52 Å². The second-order valence-corrected chi connectivity index (χ2v) is 5.20. The molecule has 1 N–H and O–H groups in total. The Hall–Kier alpha value is -0.900. The molecule has 2 saturated carbocycles. The van der Waals surface area contributed by atoms with E-state index in [4.69, 9.17) is 4.52 Å². The van der Waals surface area contributed by atoms with Gasteiger partial charge in [-0.1, -0.05) is 18.0 Å². The average molecular weight is 221 g/mol. The largest absolute Gasteiger partial charge is 0.340 e. The monoisotopic (exact) mass is 221 g/mol. The summed E-state index contributed by atoms with van der Waals surface area (Å²) in [4.78, 5) is 4.41. The predicted octanol–water partition coefficient (Wildman–Crippen LogP) is 2.29. The highest BCUT2D eigenvalue weighted by atomic mass is 16.5.